The normalized spacial score (nSPS) is 33.6. The second-order valence-electron chi connectivity index (χ2n) is 7.25. The van der Waals surface area contributed by atoms with E-state index in [1.165, 1.54) is 44.6 Å². The maximum atomic E-state index is 12.2. The number of epoxide rings is 1. The number of carbonyl (C=O) groups excluding carboxylic acids is 2. The summed E-state index contributed by atoms with van der Waals surface area (Å²) in [5, 5.41) is 31.4. The molecule has 7 heteroatoms. The second-order valence-corrected chi connectivity index (χ2v) is 7.25. The predicted molar refractivity (Wildman–Crippen MR) is 95.4 cm³/mol. The minimum atomic E-state index is -2.55. The van der Waals surface area contributed by atoms with E-state index >= 15 is 0 Å². The summed E-state index contributed by atoms with van der Waals surface area (Å²) in [6.45, 7) is 1.64. The summed E-state index contributed by atoms with van der Waals surface area (Å²) in [7, 11) is 0. The average Bonchev–Trinajstić information content (AvgIpc) is 3.35. The van der Waals surface area contributed by atoms with Crippen LogP contribution in [-0.4, -0.2) is 63.6 Å². The van der Waals surface area contributed by atoms with Crippen LogP contribution >= 0.6 is 0 Å². The van der Waals surface area contributed by atoms with Crippen molar-refractivity contribution in [1.82, 2.24) is 5.32 Å². The van der Waals surface area contributed by atoms with Crippen molar-refractivity contribution in [2.24, 2.45) is 0 Å². The highest BCUT2D eigenvalue weighted by molar-refractivity contribution is 6.16. The van der Waals surface area contributed by atoms with Crippen LogP contribution in [0.4, 0.5) is 0 Å². The number of hydrogen-bond acceptors (Lipinski definition) is 6. The summed E-state index contributed by atoms with van der Waals surface area (Å²) in [4.78, 5) is 24.0. The standard InChI is InChI=1S/C19H31NO6/c1-2-3-4-5-6-7-8-9-14-15(26-14)10-11-16(22)19(25)17(23)13(12-21)20-18(19)24/h10-11,13-15,17,21,23,25H,2-9,12H2,1H3,(H,20,24)/b11-10+/t13-,14-,15-,17-,19-/m1/s1. The van der Waals surface area contributed by atoms with E-state index in [9.17, 15) is 19.8 Å². The van der Waals surface area contributed by atoms with Crippen LogP contribution < -0.4 is 5.32 Å². The molecule has 5 atom stereocenters. The molecule has 2 aliphatic heterocycles. The maximum Gasteiger partial charge on any atom is 0.263 e. The molecule has 148 valence electrons. The van der Waals surface area contributed by atoms with Crippen molar-refractivity contribution in [2.45, 2.75) is 88.2 Å². The maximum absolute atomic E-state index is 12.2. The number of aliphatic hydroxyl groups excluding tert-OH is 2. The topological polar surface area (TPSA) is 119 Å². The fraction of sp³-hybridized carbons (Fsp3) is 0.789. The molecule has 0 radical (unpaired) electrons. The predicted octanol–water partition coefficient (Wildman–Crippen LogP) is 0.602. The third-order valence-electron chi connectivity index (χ3n) is 5.20. The Hall–Kier alpha value is -1.28. The zero-order chi connectivity index (χ0) is 19.2. The van der Waals surface area contributed by atoms with Gasteiger partial charge in [-0.05, 0) is 18.6 Å². The first-order chi connectivity index (χ1) is 12.4. The fourth-order valence-electron chi connectivity index (χ4n) is 3.36. The number of rotatable bonds is 12. The van der Waals surface area contributed by atoms with Crippen LogP contribution in [0.25, 0.3) is 0 Å². The molecule has 0 aromatic rings. The van der Waals surface area contributed by atoms with Crippen LogP contribution in [0.5, 0.6) is 0 Å². The zero-order valence-corrected chi connectivity index (χ0v) is 15.4. The molecule has 26 heavy (non-hydrogen) atoms. The van der Waals surface area contributed by atoms with Gasteiger partial charge in [0.15, 0.2) is 5.78 Å². The van der Waals surface area contributed by atoms with Crippen LogP contribution in [0.15, 0.2) is 12.2 Å². The van der Waals surface area contributed by atoms with Gasteiger partial charge in [-0.2, -0.15) is 0 Å². The van der Waals surface area contributed by atoms with Crippen molar-refractivity contribution in [3.63, 3.8) is 0 Å². The van der Waals surface area contributed by atoms with Gasteiger partial charge in [-0.3, -0.25) is 9.59 Å². The molecule has 7 nitrogen and oxygen atoms in total. The highest BCUT2D eigenvalue weighted by atomic mass is 16.6. The van der Waals surface area contributed by atoms with E-state index in [1.54, 1.807) is 0 Å². The van der Waals surface area contributed by atoms with E-state index in [4.69, 9.17) is 9.84 Å². The Kier molecular flexibility index (Phi) is 7.76. The number of carbonyl (C=O) groups is 2. The Bertz CT molecular complexity index is 522. The number of nitrogens with one attached hydrogen (secondary N) is 1. The molecular weight excluding hydrogens is 338 g/mol. The molecule has 2 rings (SSSR count). The molecule has 2 saturated heterocycles. The quantitative estimate of drug-likeness (QED) is 0.173. The van der Waals surface area contributed by atoms with Gasteiger partial charge >= 0.3 is 0 Å². The number of ether oxygens (including phenoxy) is 1. The lowest BCUT2D eigenvalue weighted by molar-refractivity contribution is -0.154. The fourth-order valence-corrected chi connectivity index (χ4v) is 3.36. The van der Waals surface area contributed by atoms with Crippen molar-refractivity contribution in [2.75, 3.05) is 6.61 Å². The second kappa shape index (κ2) is 9.60. The molecule has 0 saturated carbocycles. The molecule has 2 fully saturated rings. The summed E-state index contributed by atoms with van der Waals surface area (Å²) in [5.41, 5.74) is -2.55. The van der Waals surface area contributed by atoms with E-state index in [-0.39, 0.29) is 12.2 Å². The molecule has 2 heterocycles. The van der Waals surface area contributed by atoms with Gasteiger partial charge in [0.05, 0.1) is 18.8 Å². The van der Waals surface area contributed by atoms with Gasteiger partial charge < -0.3 is 25.4 Å². The summed E-state index contributed by atoms with van der Waals surface area (Å²) < 4.78 is 5.48. The van der Waals surface area contributed by atoms with E-state index in [0.29, 0.717) is 0 Å². The molecular formula is C19H31NO6. The molecule has 0 spiro atoms. The summed E-state index contributed by atoms with van der Waals surface area (Å²) in [5.74, 6) is -1.89. The summed E-state index contributed by atoms with van der Waals surface area (Å²) >= 11 is 0. The molecule has 0 bridgehead atoms. The van der Waals surface area contributed by atoms with Crippen LogP contribution in [-0.2, 0) is 14.3 Å². The first-order valence-corrected chi connectivity index (χ1v) is 9.65. The Balaban J connectivity index is 1.69. The van der Waals surface area contributed by atoms with Crippen molar-refractivity contribution in [3.05, 3.63) is 12.2 Å². The third-order valence-corrected chi connectivity index (χ3v) is 5.20. The lowest BCUT2D eigenvalue weighted by Gasteiger charge is -2.21. The van der Waals surface area contributed by atoms with E-state index in [2.05, 4.69) is 12.2 Å². The Morgan fingerprint density at radius 3 is 2.50 bits per heavy atom. The summed E-state index contributed by atoms with van der Waals surface area (Å²) in [6, 6.07) is -1.05. The van der Waals surface area contributed by atoms with Crippen molar-refractivity contribution >= 4 is 11.7 Å². The Morgan fingerprint density at radius 2 is 1.88 bits per heavy atom. The minimum Gasteiger partial charge on any atom is -0.394 e. The van der Waals surface area contributed by atoms with Gasteiger partial charge in [-0.1, -0.05) is 51.9 Å². The van der Waals surface area contributed by atoms with Gasteiger partial charge in [0.1, 0.15) is 12.2 Å². The molecule has 1 amide bonds. The lowest BCUT2D eigenvalue weighted by Crippen LogP contribution is -2.52. The third kappa shape index (κ3) is 4.91. The molecule has 0 aromatic heterocycles. The van der Waals surface area contributed by atoms with Crippen molar-refractivity contribution in [3.8, 4) is 0 Å². The van der Waals surface area contributed by atoms with E-state index < -0.39 is 36.0 Å². The number of hydrogen-bond donors (Lipinski definition) is 4. The monoisotopic (exact) mass is 369 g/mol. The SMILES string of the molecule is CCCCCCCCC[C@H]1O[C@@H]1/C=C/C(=O)[C@]1(O)C(=O)N[C@H](CO)[C@H]1O. The van der Waals surface area contributed by atoms with E-state index in [0.717, 1.165) is 18.9 Å². The number of aliphatic hydroxyl groups is 3. The molecule has 2 aliphatic rings. The highest BCUT2D eigenvalue weighted by Crippen LogP contribution is 2.30. The number of unbranched alkanes of at least 4 members (excludes halogenated alkanes) is 6. The largest absolute Gasteiger partial charge is 0.394 e. The van der Waals surface area contributed by atoms with Gasteiger partial charge in [0.25, 0.3) is 5.91 Å². The van der Waals surface area contributed by atoms with Gasteiger partial charge in [-0.25, -0.2) is 0 Å². The van der Waals surface area contributed by atoms with Crippen molar-refractivity contribution < 1.29 is 29.6 Å². The number of amides is 1. The average molecular weight is 369 g/mol. The van der Waals surface area contributed by atoms with Crippen LogP contribution in [0, 0.1) is 0 Å². The Morgan fingerprint density at radius 1 is 1.23 bits per heavy atom. The van der Waals surface area contributed by atoms with Crippen LogP contribution in [0.2, 0.25) is 0 Å². The molecule has 0 unspecified atom stereocenters. The smallest absolute Gasteiger partial charge is 0.263 e. The molecule has 4 N–H and O–H groups in total. The first kappa shape index (κ1) is 21.0. The highest BCUT2D eigenvalue weighted by Gasteiger charge is 2.58. The van der Waals surface area contributed by atoms with Crippen LogP contribution in [0.3, 0.4) is 0 Å². The summed E-state index contributed by atoms with van der Waals surface area (Å²) in [6.07, 6.45) is 10.4. The Labute approximate surface area is 154 Å². The first-order valence-electron chi connectivity index (χ1n) is 9.65. The van der Waals surface area contributed by atoms with E-state index in [1.807, 2.05) is 0 Å². The van der Waals surface area contributed by atoms with Gasteiger partial charge in [0, 0.05) is 0 Å². The van der Waals surface area contributed by atoms with Crippen molar-refractivity contribution in [1.29, 1.82) is 0 Å². The zero-order valence-electron chi connectivity index (χ0n) is 15.4. The lowest BCUT2D eigenvalue weighted by atomic mass is 9.91. The van der Waals surface area contributed by atoms with Gasteiger partial charge in [-0.15, -0.1) is 0 Å². The minimum absolute atomic E-state index is 0.0804. The number of ketones is 1. The van der Waals surface area contributed by atoms with Gasteiger partial charge in [0.2, 0.25) is 5.60 Å². The van der Waals surface area contributed by atoms with Crippen LogP contribution in [0.1, 0.15) is 58.3 Å². The molecule has 0 aromatic carbocycles. The molecule has 0 aliphatic carbocycles.